The minimum Gasteiger partial charge on any atom is -0.497 e. The van der Waals surface area contributed by atoms with Gasteiger partial charge in [0.05, 0.1) is 23.7 Å². The molecule has 0 aliphatic heterocycles. The Kier molecular flexibility index (Phi) is 8.34. The van der Waals surface area contributed by atoms with Crippen LogP contribution in [0.3, 0.4) is 0 Å². The number of sulfonamides is 1. The maximum absolute atomic E-state index is 13.6. The average molecular weight is 481 g/mol. The van der Waals surface area contributed by atoms with Gasteiger partial charge in [-0.15, -0.1) is 0 Å². The van der Waals surface area contributed by atoms with Crippen LogP contribution in [0, 0.1) is 12.8 Å². The highest BCUT2D eigenvalue weighted by atomic mass is 32.2. The summed E-state index contributed by atoms with van der Waals surface area (Å²) in [7, 11) is -2.34. The van der Waals surface area contributed by atoms with Gasteiger partial charge in [-0.05, 0) is 60.7 Å². The zero-order valence-electron chi connectivity index (χ0n) is 20.1. The van der Waals surface area contributed by atoms with Crippen LogP contribution in [-0.4, -0.2) is 28.0 Å². The monoisotopic (exact) mass is 480 g/mol. The summed E-state index contributed by atoms with van der Waals surface area (Å²) in [6.07, 6.45) is 0.716. The zero-order valence-corrected chi connectivity index (χ0v) is 20.9. The Morgan fingerprint density at radius 1 is 0.941 bits per heavy atom. The summed E-state index contributed by atoms with van der Waals surface area (Å²) in [5.41, 5.74) is 2.19. The van der Waals surface area contributed by atoms with E-state index in [-0.39, 0.29) is 23.4 Å². The van der Waals surface area contributed by atoms with Gasteiger partial charge in [-0.3, -0.25) is 9.10 Å². The molecule has 0 aromatic heterocycles. The molecule has 180 valence electrons. The van der Waals surface area contributed by atoms with E-state index in [1.165, 1.54) is 16.4 Å². The molecule has 7 heteroatoms. The number of para-hydroxylation sites is 1. The maximum atomic E-state index is 13.6. The van der Waals surface area contributed by atoms with Crippen molar-refractivity contribution in [3.05, 3.63) is 90.0 Å². The van der Waals surface area contributed by atoms with Crippen molar-refractivity contribution in [2.75, 3.05) is 18.0 Å². The number of ether oxygens (including phenoxy) is 1. The number of nitrogens with one attached hydrogen (secondary N) is 1. The fourth-order valence-corrected chi connectivity index (χ4v) is 5.33. The van der Waals surface area contributed by atoms with Crippen molar-refractivity contribution < 1.29 is 17.9 Å². The highest BCUT2D eigenvalue weighted by Gasteiger charge is 2.29. The van der Waals surface area contributed by atoms with Crippen LogP contribution in [0.1, 0.15) is 37.4 Å². The molecule has 6 nitrogen and oxygen atoms in total. The van der Waals surface area contributed by atoms with Crippen LogP contribution >= 0.6 is 0 Å². The molecule has 1 amide bonds. The summed E-state index contributed by atoms with van der Waals surface area (Å²) < 4.78 is 33.5. The average Bonchev–Trinajstić information content (AvgIpc) is 2.83. The van der Waals surface area contributed by atoms with Crippen molar-refractivity contribution in [2.24, 2.45) is 5.92 Å². The van der Waals surface area contributed by atoms with Crippen LogP contribution in [0.4, 0.5) is 5.69 Å². The largest absolute Gasteiger partial charge is 0.497 e. The molecule has 0 heterocycles. The van der Waals surface area contributed by atoms with Gasteiger partial charge in [0.15, 0.2) is 0 Å². The van der Waals surface area contributed by atoms with E-state index in [0.717, 1.165) is 16.9 Å². The van der Waals surface area contributed by atoms with Gasteiger partial charge in [0, 0.05) is 0 Å². The summed E-state index contributed by atoms with van der Waals surface area (Å²) in [5.74, 6) is 0.690. The number of anilines is 1. The van der Waals surface area contributed by atoms with E-state index in [0.29, 0.717) is 18.0 Å². The fourth-order valence-electron chi connectivity index (χ4n) is 3.82. The summed E-state index contributed by atoms with van der Waals surface area (Å²) in [5, 5.41) is 3.06. The number of hydrogen-bond acceptors (Lipinski definition) is 4. The van der Waals surface area contributed by atoms with E-state index >= 15 is 0 Å². The number of amides is 1. The Bertz CT molecular complexity index is 1190. The number of methoxy groups -OCH3 is 1. The first-order valence-electron chi connectivity index (χ1n) is 11.3. The topological polar surface area (TPSA) is 75.7 Å². The zero-order chi connectivity index (χ0) is 24.7. The summed E-state index contributed by atoms with van der Waals surface area (Å²) in [6.45, 7) is 5.68. The quantitative estimate of drug-likeness (QED) is 0.438. The van der Waals surface area contributed by atoms with E-state index < -0.39 is 10.0 Å². The third-order valence-electron chi connectivity index (χ3n) is 5.56. The van der Waals surface area contributed by atoms with Crippen molar-refractivity contribution in [1.82, 2.24) is 5.32 Å². The number of hydrogen-bond donors (Lipinski definition) is 1. The molecule has 0 unspecified atom stereocenters. The molecule has 3 rings (SSSR count). The van der Waals surface area contributed by atoms with Crippen molar-refractivity contribution in [2.45, 2.75) is 38.1 Å². The lowest BCUT2D eigenvalue weighted by molar-refractivity contribution is -0.120. The summed E-state index contributed by atoms with van der Waals surface area (Å²) in [4.78, 5) is 13.4. The Hall–Kier alpha value is -3.32. The fraction of sp³-hybridized carbons (Fsp3) is 0.296. The van der Waals surface area contributed by atoms with Gasteiger partial charge < -0.3 is 10.1 Å². The Balaban J connectivity index is 1.91. The molecule has 0 saturated carbocycles. The summed E-state index contributed by atoms with van der Waals surface area (Å²) >= 11 is 0. The number of nitrogens with zero attached hydrogens (tertiary/aromatic N) is 1. The SMILES string of the molecule is COc1ccc([C@H](CC(C)C)NC(=O)CN(c2ccccc2C)S(=O)(=O)c2ccccc2)cc1. The van der Waals surface area contributed by atoms with Crippen molar-refractivity contribution in [1.29, 1.82) is 0 Å². The number of benzene rings is 3. The molecule has 1 atom stereocenters. The normalized spacial score (nSPS) is 12.3. The van der Waals surface area contributed by atoms with Gasteiger partial charge in [0.2, 0.25) is 5.91 Å². The lowest BCUT2D eigenvalue weighted by Crippen LogP contribution is -2.42. The van der Waals surface area contributed by atoms with Gasteiger partial charge >= 0.3 is 0 Å². The number of carbonyl (C=O) groups excluding carboxylic acids is 1. The Morgan fingerprint density at radius 3 is 2.15 bits per heavy atom. The first-order chi connectivity index (χ1) is 16.2. The molecule has 0 fully saturated rings. The molecule has 3 aromatic rings. The summed E-state index contributed by atoms with van der Waals surface area (Å²) in [6, 6.07) is 22.6. The molecular formula is C27H32N2O4S. The van der Waals surface area contributed by atoms with E-state index in [9.17, 15) is 13.2 Å². The van der Waals surface area contributed by atoms with Gasteiger partial charge in [-0.2, -0.15) is 0 Å². The molecule has 0 radical (unpaired) electrons. The second-order valence-corrected chi connectivity index (χ2v) is 10.5. The molecule has 0 saturated heterocycles. The molecule has 34 heavy (non-hydrogen) atoms. The molecular weight excluding hydrogens is 448 g/mol. The first kappa shape index (κ1) is 25.3. The first-order valence-corrected chi connectivity index (χ1v) is 12.7. The molecule has 0 spiro atoms. The third-order valence-corrected chi connectivity index (χ3v) is 7.34. The standard InChI is InChI=1S/C27H32N2O4S/c1-20(2)18-25(22-14-16-23(33-4)17-15-22)28-27(30)19-29(26-13-9-8-10-21(26)3)34(31,32)24-11-6-5-7-12-24/h5-17,20,25H,18-19H2,1-4H3,(H,28,30)/t25-/m0/s1. The van der Waals surface area contributed by atoms with Crippen LogP contribution in [0.15, 0.2) is 83.8 Å². The van der Waals surface area contributed by atoms with E-state index in [1.807, 2.05) is 43.3 Å². The third kappa shape index (κ3) is 6.17. The molecule has 0 aliphatic rings. The highest BCUT2D eigenvalue weighted by molar-refractivity contribution is 7.92. The minimum atomic E-state index is -3.95. The van der Waals surface area contributed by atoms with Crippen molar-refractivity contribution >= 4 is 21.6 Å². The number of aryl methyl sites for hydroxylation is 1. The van der Waals surface area contributed by atoms with E-state index in [1.54, 1.807) is 37.4 Å². The van der Waals surface area contributed by atoms with Crippen molar-refractivity contribution in [3.63, 3.8) is 0 Å². The number of rotatable bonds is 10. The predicted octanol–water partition coefficient (Wildman–Crippen LogP) is 5.10. The molecule has 1 N–H and O–H groups in total. The van der Waals surface area contributed by atoms with Gasteiger partial charge in [0.25, 0.3) is 10.0 Å². The predicted molar refractivity (Wildman–Crippen MR) is 135 cm³/mol. The lowest BCUT2D eigenvalue weighted by Gasteiger charge is -2.27. The van der Waals surface area contributed by atoms with Crippen LogP contribution in [0.5, 0.6) is 5.75 Å². The number of carbonyl (C=O) groups is 1. The lowest BCUT2D eigenvalue weighted by atomic mass is 9.97. The second kappa shape index (κ2) is 11.2. The van der Waals surface area contributed by atoms with Crippen LogP contribution < -0.4 is 14.4 Å². The van der Waals surface area contributed by atoms with Gasteiger partial charge in [-0.25, -0.2) is 8.42 Å². The van der Waals surface area contributed by atoms with E-state index in [4.69, 9.17) is 4.74 Å². The van der Waals surface area contributed by atoms with Crippen LogP contribution in [0.2, 0.25) is 0 Å². The molecule has 0 aliphatic carbocycles. The highest BCUT2D eigenvalue weighted by Crippen LogP contribution is 2.27. The second-order valence-electron chi connectivity index (χ2n) is 8.63. The van der Waals surface area contributed by atoms with Gasteiger partial charge in [0.1, 0.15) is 12.3 Å². The minimum absolute atomic E-state index is 0.139. The van der Waals surface area contributed by atoms with Gasteiger partial charge in [-0.1, -0.05) is 62.4 Å². The molecule has 0 bridgehead atoms. The van der Waals surface area contributed by atoms with Crippen LogP contribution in [0.25, 0.3) is 0 Å². The van der Waals surface area contributed by atoms with Crippen LogP contribution in [-0.2, 0) is 14.8 Å². The van der Waals surface area contributed by atoms with E-state index in [2.05, 4.69) is 19.2 Å². The maximum Gasteiger partial charge on any atom is 0.264 e. The smallest absolute Gasteiger partial charge is 0.264 e. The molecule has 3 aromatic carbocycles. The Labute approximate surface area is 202 Å². The van der Waals surface area contributed by atoms with Crippen molar-refractivity contribution in [3.8, 4) is 5.75 Å². The Morgan fingerprint density at radius 2 is 1.56 bits per heavy atom.